The fourth-order valence-corrected chi connectivity index (χ4v) is 3.18. The Morgan fingerprint density at radius 3 is 2.62 bits per heavy atom. The fraction of sp³-hybridized carbons (Fsp3) is 0.278. The first-order chi connectivity index (χ1) is 12.3. The molecule has 1 heterocycles. The number of carbonyl (C=O) groups is 1. The van der Waals surface area contributed by atoms with Crippen molar-refractivity contribution in [3.63, 3.8) is 0 Å². The van der Waals surface area contributed by atoms with Gasteiger partial charge in [-0.1, -0.05) is 23.7 Å². The lowest BCUT2D eigenvalue weighted by Gasteiger charge is -2.18. The molecule has 0 atom stereocenters. The first-order valence-corrected chi connectivity index (χ1v) is 8.44. The SMILES string of the molecule is O=C(Nc1ccc2c(c1)OC(F)(F)O2)NC1(Cc2cccc(Cl)c2)CC1. The van der Waals surface area contributed by atoms with Crippen LogP contribution in [-0.2, 0) is 6.42 Å². The smallest absolute Gasteiger partial charge is 0.395 e. The van der Waals surface area contributed by atoms with Crippen molar-refractivity contribution in [2.75, 3.05) is 5.32 Å². The minimum absolute atomic E-state index is 0.0689. The summed E-state index contributed by atoms with van der Waals surface area (Å²) < 4.78 is 34.8. The molecule has 0 unspecified atom stereocenters. The van der Waals surface area contributed by atoms with Gasteiger partial charge in [0.2, 0.25) is 0 Å². The largest absolute Gasteiger partial charge is 0.586 e. The van der Waals surface area contributed by atoms with Gasteiger partial charge in [-0.15, -0.1) is 8.78 Å². The van der Waals surface area contributed by atoms with E-state index in [0.29, 0.717) is 17.1 Å². The number of alkyl halides is 2. The molecule has 1 fully saturated rings. The van der Waals surface area contributed by atoms with Crippen LogP contribution in [0.15, 0.2) is 42.5 Å². The molecule has 5 nitrogen and oxygen atoms in total. The van der Waals surface area contributed by atoms with Crippen molar-refractivity contribution in [3.05, 3.63) is 53.1 Å². The number of nitrogens with one attached hydrogen (secondary N) is 2. The van der Waals surface area contributed by atoms with Gasteiger partial charge in [0.25, 0.3) is 0 Å². The molecule has 2 N–H and O–H groups in total. The number of anilines is 1. The topological polar surface area (TPSA) is 59.6 Å². The number of halogens is 3. The highest BCUT2D eigenvalue weighted by molar-refractivity contribution is 6.30. The van der Waals surface area contributed by atoms with Crippen LogP contribution in [0.1, 0.15) is 18.4 Å². The van der Waals surface area contributed by atoms with E-state index in [2.05, 4.69) is 20.1 Å². The van der Waals surface area contributed by atoms with Gasteiger partial charge < -0.3 is 20.1 Å². The van der Waals surface area contributed by atoms with Crippen molar-refractivity contribution in [1.82, 2.24) is 5.32 Å². The molecule has 136 valence electrons. The van der Waals surface area contributed by atoms with Crippen LogP contribution in [0.25, 0.3) is 0 Å². The van der Waals surface area contributed by atoms with Gasteiger partial charge in [0, 0.05) is 22.3 Å². The lowest BCUT2D eigenvalue weighted by molar-refractivity contribution is -0.286. The van der Waals surface area contributed by atoms with Crippen LogP contribution in [0.2, 0.25) is 5.02 Å². The number of carbonyl (C=O) groups excluding carboxylic acids is 1. The molecule has 0 radical (unpaired) electrons. The molecule has 0 saturated heterocycles. The molecular weight excluding hydrogens is 366 g/mol. The van der Waals surface area contributed by atoms with E-state index in [1.165, 1.54) is 18.2 Å². The van der Waals surface area contributed by atoms with Crippen LogP contribution in [-0.4, -0.2) is 17.9 Å². The Morgan fingerprint density at radius 2 is 1.88 bits per heavy atom. The number of rotatable bonds is 4. The number of benzene rings is 2. The predicted molar refractivity (Wildman–Crippen MR) is 91.9 cm³/mol. The zero-order chi connectivity index (χ0) is 18.4. The van der Waals surface area contributed by atoms with E-state index >= 15 is 0 Å². The van der Waals surface area contributed by atoms with Gasteiger partial charge in [0.05, 0.1) is 0 Å². The molecule has 1 saturated carbocycles. The van der Waals surface area contributed by atoms with Crippen molar-refractivity contribution < 1.29 is 23.0 Å². The summed E-state index contributed by atoms with van der Waals surface area (Å²) in [7, 11) is 0. The van der Waals surface area contributed by atoms with Crippen molar-refractivity contribution >= 4 is 23.3 Å². The maximum absolute atomic E-state index is 13.0. The second kappa shape index (κ2) is 6.02. The first kappa shape index (κ1) is 16.9. The normalized spacial score (nSPS) is 18.3. The van der Waals surface area contributed by atoms with E-state index in [4.69, 9.17) is 11.6 Å². The Bertz CT molecular complexity index is 871. The predicted octanol–water partition coefficient (Wildman–Crippen LogP) is 4.56. The third-order valence-corrected chi connectivity index (χ3v) is 4.56. The molecule has 4 rings (SSSR count). The van der Waals surface area contributed by atoms with Gasteiger partial charge in [-0.2, -0.15) is 0 Å². The van der Waals surface area contributed by atoms with Crippen LogP contribution in [0.5, 0.6) is 11.5 Å². The van der Waals surface area contributed by atoms with E-state index < -0.39 is 12.3 Å². The minimum atomic E-state index is -3.68. The van der Waals surface area contributed by atoms with Crippen molar-refractivity contribution in [2.45, 2.75) is 31.1 Å². The Labute approximate surface area is 153 Å². The molecule has 0 bridgehead atoms. The third-order valence-electron chi connectivity index (χ3n) is 4.32. The molecule has 0 aromatic heterocycles. The quantitative estimate of drug-likeness (QED) is 0.817. The van der Waals surface area contributed by atoms with E-state index in [9.17, 15) is 13.6 Å². The zero-order valence-electron chi connectivity index (χ0n) is 13.5. The number of hydrogen-bond donors (Lipinski definition) is 2. The Kier molecular flexibility index (Phi) is 3.91. The first-order valence-electron chi connectivity index (χ1n) is 8.06. The zero-order valence-corrected chi connectivity index (χ0v) is 14.3. The summed E-state index contributed by atoms with van der Waals surface area (Å²) in [5.74, 6) is -0.187. The van der Waals surface area contributed by atoms with Gasteiger partial charge >= 0.3 is 12.3 Å². The molecule has 26 heavy (non-hydrogen) atoms. The number of urea groups is 1. The van der Waals surface area contributed by atoms with Gasteiger partial charge in [0.1, 0.15) is 0 Å². The molecule has 2 amide bonds. The van der Waals surface area contributed by atoms with Crippen LogP contribution < -0.4 is 20.1 Å². The number of ether oxygens (including phenoxy) is 2. The monoisotopic (exact) mass is 380 g/mol. The summed E-state index contributed by atoms with van der Waals surface area (Å²) in [5, 5.41) is 6.24. The molecular formula is C18H15ClF2N2O3. The summed E-state index contributed by atoms with van der Waals surface area (Å²) in [5.41, 5.74) is 1.07. The molecule has 2 aliphatic rings. The maximum atomic E-state index is 13.0. The van der Waals surface area contributed by atoms with Crippen LogP contribution >= 0.6 is 11.6 Å². The van der Waals surface area contributed by atoms with Crippen molar-refractivity contribution in [1.29, 1.82) is 0 Å². The molecule has 1 aliphatic carbocycles. The number of fused-ring (bicyclic) bond motifs is 1. The summed E-state index contributed by atoms with van der Waals surface area (Å²) in [6.45, 7) is 0. The molecule has 0 spiro atoms. The highest BCUT2D eigenvalue weighted by atomic mass is 35.5. The number of amides is 2. The average Bonchev–Trinajstić information content (AvgIpc) is 3.19. The lowest BCUT2D eigenvalue weighted by Crippen LogP contribution is -2.41. The second-order valence-corrected chi connectivity index (χ2v) is 6.93. The van der Waals surface area contributed by atoms with Gasteiger partial charge in [0.15, 0.2) is 11.5 Å². The van der Waals surface area contributed by atoms with Gasteiger partial charge in [-0.05, 0) is 49.1 Å². The summed E-state index contributed by atoms with van der Waals surface area (Å²) in [4.78, 5) is 12.3. The Balaban J connectivity index is 1.39. The van der Waals surface area contributed by atoms with E-state index in [0.717, 1.165) is 18.4 Å². The van der Waals surface area contributed by atoms with Crippen molar-refractivity contribution in [2.24, 2.45) is 0 Å². The second-order valence-electron chi connectivity index (χ2n) is 6.50. The van der Waals surface area contributed by atoms with Gasteiger partial charge in [-0.25, -0.2) is 4.79 Å². The highest BCUT2D eigenvalue weighted by Crippen LogP contribution is 2.42. The minimum Gasteiger partial charge on any atom is -0.395 e. The molecule has 2 aromatic rings. The summed E-state index contributed by atoms with van der Waals surface area (Å²) in [6, 6.07) is 11.2. The highest BCUT2D eigenvalue weighted by Gasteiger charge is 2.45. The van der Waals surface area contributed by atoms with E-state index in [1.54, 1.807) is 6.07 Å². The van der Waals surface area contributed by atoms with E-state index in [-0.39, 0.29) is 17.0 Å². The summed E-state index contributed by atoms with van der Waals surface area (Å²) >= 11 is 6.00. The van der Waals surface area contributed by atoms with Crippen LogP contribution in [0.3, 0.4) is 0 Å². The Morgan fingerprint density at radius 1 is 1.12 bits per heavy atom. The van der Waals surface area contributed by atoms with Crippen molar-refractivity contribution in [3.8, 4) is 11.5 Å². The standard InChI is InChI=1S/C18H15ClF2N2O3/c19-12-3-1-2-11(8-12)10-17(6-7-17)23-16(24)22-13-4-5-14-15(9-13)26-18(20,21)25-14/h1-5,8-9H,6-7,10H2,(H2,22,23,24). The molecule has 1 aliphatic heterocycles. The third kappa shape index (κ3) is 3.67. The molecule has 2 aromatic carbocycles. The average molecular weight is 381 g/mol. The van der Waals surface area contributed by atoms with Crippen LogP contribution in [0, 0.1) is 0 Å². The molecule has 8 heteroatoms. The fourth-order valence-electron chi connectivity index (χ4n) is 2.96. The van der Waals surface area contributed by atoms with Gasteiger partial charge in [-0.3, -0.25) is 0 Å². The summed E-state index contributed by atoms with van der Waals surface area (Å²) in [6.07, 6.45) is -1.28. The maximum Gasteiger partial charge on any atom is 0.586 e. The number of hydrogen-bond acceptors (Lipinski definition) is 3. The lowest BCUT2D eigenvalue weighted by atomic mass is 10.0. The van der Waals surface area contributed by atoms with Crippen LogP contribution in [0.4, 0.5) is 19.3 Å². The Hall–Kier alpha value is -2.54. The van der Waals surface area contributed by atoms with E-state index in [1.807, 2.05) is 18.2 Å².